The predicted molar refractivity (Wildman–Crippen MR) is 73.5 cm³/mol. The van der Waals surface area contributed by atoms with Crippen LogP contribution in [0, 0.1) is 5.92 Å². The zero-order valence-corrected chi connectivity index (χ0v) is 11.6. The molecule has 4 heteroatoms. The normalized spacial score (nSPS) is 10.7. The largest absolute Gasteiger partial charge is 0.476 e. The zero-order valence-electron chi connectivity index (χ0n) is 11.6. The van der Waals surface area contributed by atoms with Gasteiger partial charge in [0.25, 0.3) is 0 Å². The summed E-state index contributed by atoms with van der Waals surface area (Å²) < 4.78 is 5.46. The minimum Gasteiger partial charge on any atom is -0.476 e. The quantitative estimate of drug-likeness (QED) is 0.719. The van der Waals surface area contributed by atoms with Gasteiger partial charge in [0.05, 0.1) is 12.3 Å². The Morgan fingerprint density at radius 3 is 2.72 bits per heavy atom. The standard InChI is InChI=1S/C14H23N3O/c1-11(2)7-8-18-14-6-5-13(16-17-14)10-15-9-12(3)4/h5-6,12,15H,1,7-10H2,2-4H3. The molecule has 1 rings (SSSR count). The molecule has 4 nitrogen and oxygen atoms in total. The highest BCUT2D eigenvalue weighted by Crippen LogP contribution is 2.06. The Balaban J connectivity index is 2.31. The molecule has 0 aliphatic carbocycles. The molecule has 0 spiro atoms. The molecule has 1 N–H and O–H groups in total. The van der Waals surface area contributed by atoms with Crippen LogP contribution in [0.25, 0.3) is 0 Å². The molecule has 18 heavy (non-hydrogen) atoms. The predicted octanol–water partition coefficient (Wildman–Crippen LogP) is 2.57. The summed E-state index contributed by atoms with van der Waals surface area (Å²) in [6.45, 7) is 12.5. The van der Waals surface area contributed by atoms with Gasteiger partial charge in [-0.1, -0.05) is 19.4 Å². The van der Waals surface area contributed by atoms with Gasteiger partial charge in [0, 0.05) is 19.0 Å². The lowest BCUT2D eigenvalue weighted by Crippen LogP contribution is -2.19. The van der Waals surface area contributed by atoms with E-state index in [0.29, 0.717) is 18.4 Å². The van der Waals surface area contributed by atoms with Crippen molar-refractivity contribution in [2.75, 3.05) is 13.2 Å². The molecule has 0 saturated heterocycles. The summed E-state index contributed by atoms with van der Waals surface area (Å²) in [5.74, 6) is 1.21. The molecule has 0 fully saturated rings. The van der Waals surface area contributed by atoms with Gasteiger partial charge in [-0.15, -0.1) is 11.7 Å². The highest BCUT2D eigenvalue weighted by atomic mass is 16.5. The monoisotopic (exact) mass is 249 g/mol. The molecule has 100 valence electrons. The molecule has 0 aliphatic heterocycles. The molecule has 0 aromatic carbocycles. The van der Waals surface area contributed by atoms with Crippen molar-refractivity contribution < 1.29 is 4.74 Å². The third-order valence-corrected chi connectivity index (χ3v) is 2.33. The first kappa shape index (κ1) is 14.6. The van der Waals surface area contributed by atoms with Crippen molar-refractivity contribution in [2.24, 2.45) is 5.92 Å². The number of aromatic nitrogens is 2. The molecule has 0 atom stereocenters. The van der Waals surface area contributed by atoms with Gasteiger partial charge in [-0.25, -0.2) is 0 Å². The Hall–Kier alpha value is -1.42. The number of hydrogen-bond donors (Lipinski definition) is 1. The maximum atomic E-state index is 5.46. The van der Waals surface area contributed by atoms with Gasteiger partial charge in [0.15, 0.2) is 0 Å². The lowest BCUT2D eigenvalue weighted by Gasteiger charge is -2.07. The average molecular weight is 249 g/mol. The van der Waals surface area contributed by atoms with Crippen LogP contribution in [0.4, 0.5) is 0 Å². The van der Waals surface area contributed by atoms with Crippen LogP contribution < -0.4 is 10.1 Å². The lowest BCUT2D eigenvalue weighted by molar-refractivity contribution is 0.305. The first-order valence-corrected chi connectivity index (χ1v) is 6.38. The minimum absolute atomic E-state index is 0.573. The van der Waals surface area contributed by atoms with Crippen LogP contribution in [0.2, 0.25) is 0 Å². The molecule has 0 bridgehead atoms. The highest BCUT2D eigenvalue weighted by molar-refractivity contribution is 5.11. The van der Waals surface area contributed by atoms with E-state index in [1.807, 2.05) is 19.1 Å². The Morgan fingerprint density at radius 1 is 1.39 bits per heavy atom. The molecule has 0 amide bonds. The second-order valence-corrected chi connectivity index (χ2v) is 4.94. The van der Waals surface area contributed by atoms with Crippen molar-refractivity contribution in [3.8, 4) is 5.88 Å². The van der Waals surface area contributed by atoms with Gasteiger partial charge in [-0.2, -0.15) is 5.10 Å². The number of hydrogen-bond acceptors (Lipinski definition) is 4. The topological polar surface area (TPSA) is 47.0 Å². The van der Waals surface area contributed by atoms with Gasteiger partial charge in [0.2, 0.25) is 5.88 Å². The molecule has 0 aliphatic rings. The van der Waals surface area contributed by atoms with Crippen molar-refractivity contribution in [3.05, 3.63) is 30.0 Å². The van der Waals surface area contributed by atoms with Crippen LogP contribution in [-0.2, 0) is 6.54 Å². The Bertz CT molecular complexity index is 360. The van der Waals surface area contributed by atoms with Crippen LogP contribution >= 0.6 is 0 Å². The van der Waals surface area contributed by atoms with E-state index in [4.69, 9.17) is 4.74 Å². The third kappa shape index (κ3) is 6.35. The van der Waals surface area contributed by atoms with E-state index in [1.165, 1.54) is 0 Å². The minimum atomic E-state index is 0.573. The lowest BCUT2D eigenvalue weighted by atomic mass is 10.2. The molecule has 1 heterocycles. The van der Waals surface area contributed by atoms with Crippen LogP contribution in [0.15, 0.2) is 24.3 Å². The van der Waals surface area contributed by atoms with Crippen LogP contribution in [0.3, 0.4) is 0 Å². The maximum Gasteiger partial charge on any atom is 0.233 e. The summed E-state index contributed by atoms with van der Waals surface area (Å²) in [6, 6.07) is 3.80. The second-order valence-electron chi connectivity index (χ2n) is 4.94. The number of nitrogens with one attached hydrogen (secondary N) is 1. The van der Waals surface area contributed by atoms with Crippen LogP contribution in [0.5, 0.6) is 5.88 Å². The fourth-order valence-corrected chi connectivity index (χ4v) is 1.34. The smallest absolute Gasteiger partial charge is 0.233 e. The van der Waals surface area contributed by atoms with Crippen molar-refractivity contribution >= 4 is 0 Å². The van der Waals surface area contributed by atoms with Gasteiger partial charge in [-0.05, 0) is 25.5 Å². The molecule has 1 aromatic rings. The first-order valence-electron chi connectivity index (χ1n) is 6.38. The Morgan fingerprint density at radius 2 is 2.17 bits per heavy atom. The summed E-state index contributed by atoms with van der Waals surface area (Å²) >= 11 is 0. The fourth-order valence-electron chi connectivity index (χ4n) is 1.34. The Labute approximate surface area is 109 Å². The summed E-state index contributed by atoms with van der Waals surface area (Å²) in [5.41, 5.74) is 2.04. The van der Waals surface area contributed by atoms with Crippen LogP contribution in [0.1, 0.15) is 32.9 Å². The molecule has 0 unspecified atom stereocenters. The van der Waals surface area contributed by atoms with Gasteiger partial charge < -0.3 is 10.1 Å². The summed E-state index contributed by atoms with van der Waals surface area (Å²) in [5, 5.41) is 11.5. The number of rotatable bonds is 8. The van der Waals surface area contributed by atoms with Crippen molar-refractivity contribution in [1.82, 2.24) is 15.5 Å². The molecule has 0 radical (unpaired) electrons. The zero-order chi connectivity index (χ0) is 13.4. The van der Waals surface area contributed by atoms with Crippen molar-refractivity contribution in [3.63, 3.8) is 0 Å². The van der Waals surface area contributed by atoms with E-state index < -0.39 is 0 Å². The van der Waals surface area contributed by atoms with E-state index in [-0.39, 0.29) is 0 Å². The van der Waals surface area contributed by atoms with E-state index in [9.17, 15) is 0 Å². The molecular weight excluding hydrogens is 226 g/mol. The SMILES string of the molecule is C=C(C)CCOc1ccc(CNCC(C)C)nn1. The summed E-state index contributed by atoms with van der Waals surface area (Å²) in [4.78, 5) is 0. The van der Waals surface area contributed by atoms with Crippen LogP contribution in [-0.4, -0.2) is 23.3 Å². The van der Waals surface area contributed by atoms with E-state index in [2.05, 4.69) is 35.9 Å². The van der Waals surface area contributed by atoms with Gasteiger partial charge >= 0.3 is 0 Å². The molecule has 0 saturated carbocycles. The van der Waals surface area contributed by atoms with Gasteiger partial charge in [0.1, 0.15) is 0 Å². The number of nitrogens with zero attached hydrogens (tertiary/aromatic N) is 2. The fraction of sp³-hybridized carbons (Fsp3) is 0.571. The third-order valence-electron chi connectivity index (χ3n) is 2.33. The second kappa shape index (κ2) is 7.82. The molecule has 1 aromatic heterocycles. The van der Waals surface area contributed by atoms with Crippen molar-refractivity contribution in [2.45, 2.75) is 33.7 Å². The summed E-state index contributed by atoms with van der Waals surface area (Å²) in [6.07, 6.45) is 0.847. The maximum absolute atomic E-state index is 5.46. The van der Waals surface area contributed by atoms with Crippen molar-refractivity contribution in [1.29, 1.82) is 0 Å². The van der Waals surface area contributed by atoms with E-state index in [1.54, 1.807) is 0 Å². The average Bonchev–Trinajstić information content (AvgIpc) is 2.30. The number of ether oxygens (including phenoxy) is 1. The van der Waals surface area contributed by atoms with Gasteiger partial charge in [-0.3, -0.25) is 0 Å². The summed E-state index contributed by atoms with van der Waals surface area (Å²) in [7, 11) is 0. The first-order chi connectivity index (χ1) is 8.58. The molecular formula is C14H23N3O. The highest BCUT2D eigenvalue weighted by Gasteiger charge is 2.00. The Kier molecular flexibility index (Phi) is 6.36. The van der Waals surface area contributed by atoms with E-state index in [0.717, 1.165) is 30.8 Å². The van der Waals surface area contributed by atoms with E-state index >= 15 is 0 Å².